The topological polar surface area (TPSA) is 80.9 Å². The van der Waals surface area contributed by atoms with E-state index < -0.39 is 5.60 Å². The Morgan fingerprint density at radius 3 is 2.25 bits per heavy atom. The van der Waals surface area contributed by atoms with Gasteiger partial charge in [-0.25, -0.2) is 0 Å². The first-order valence-corrected chi connectivity index (χ1v) is 16.2. The van der Waals surface area contributed by atoms with E-state index in [4.69, 9.17) is 0 Å². The maximum absolute atomic E-state index is 13.0. The van der Waals surface area contributed by atoms with Crippen molar-refractivity contribution in [2.45, 2.75) is 114 Å². The average Bonchev–Trinajstić information content (AvgIpc) is 3.40. The number of rotatable bonds is 1. The fraction of sp³-hybridized carbons (Fsp3) is 0.667. The van der Waals surface area contributed by atoms with Gasteiger partial charge in [0.15, 0.2) is 0 Å². The van der Waals surface area contributed by atoms with Gasteiger partial charge < -0.3 is 20.4 Å². The van der Waals surface area contributed by atoms with Gasteiger partial charge in [-0.15, -0.1) is 0 Å². The number of phenols is 2. The minimum Gasteiger partial charge on any atom is -0.508 e. The zero-order chi connectivity index (χ0) is 27.6. The van der Waals surface area contributed by atoms with Crippen molar-refractivity contribution < 1.29 is 20.4 Å². The Hall–Kier alpha value is -2.04. The number of aryl methyl sites for hydroxylation is 2. The monoisotopic (exact) mass is 542 g/mol. The molecule has 0 unspecified atom stereocenters. The molecule has 4 N–H and O–H groups in total. The smallest absolute Gasteiger partial charge is 0.116 e. The third-order valence-electron chi connectivity index (χ3n) is 14.1. The molecule has 214 valence electrons. The van der Waals surface area contributed by atoms with E-state index in [1.165, 1.54) is 22.3 Å². The quantitative estimate of drug-likeness (QED) is 0.311. The Kier molecular flexibility index (Phi) is 5.45. The highest BCUT2D eigenvalue weighted by Gasteiger charge is 2.63. The number of aliphatic hydroxyl groups excluding tert-OH is 1. The lowest BCUT2D eigenvalue weighted by molar-refractivity contribution is -0.110. The van der Waals surface area contributed by atoms with E-state index in [0.717, 1.165) is 82.6 Å². The number of aromatic hydroxyl groups is 2. The van der Waals surface area contributed by atoms with Crippen LogP contribution in [0, 0.1) is 34.5 Å². The second-order valence-corrected chi connectivity index (χ2v) is 15.3. The van der Waals surface area contributed by atoms with Gasteiger partial charge in [-0.1, -0.05) is 19.9 Å². The van der Waals surface area contributed by atoms with Crippen molar-refractivity contribution in [3.63, 3.8) is 0 Å². The van der Waals surface area contributed by atoms with Crippen LogP contribution in [0.2, 0.25) is 0 Å². The van der Waals surface area contributed by atoms with Crippen LogP contribution in [-0.4, -0.2) is 26.5 Å². The zero-order valence-corrected chi connectivity index (χ0v) is 24.2. The largest absolute Gasteiger partial charge is 0.508 e. The van der Waals surface area contributed by atoms with Crippen molar-refractivity contribution in [3.05, 3.63) is 58.1 Å². The predicted molar refractivity (Wildman–Crippen MR) is 155 cm³/mol. The van der Waals surface area contributed by atoms with Crippen molar-refractivity contribution >= 4 is 0 Å². The molecule has 4 fully saturated rings. The van der Waals surface area contributed by atoms with Gasteiger partial charge in [0.1, 0.15) is 11.5 Å². The molecule has 0 heterocycles. The van der Waals surface area contributed by atoms with Crippen molar-refractivity contribution in [1.82, 2.24) is 0 Å². The van der Waals surface area contributed by atoms with E-state index in [1.54, 1.807) is 0 Å². The first kappa shape index (κ1) is 25.7. The lowest BCUT2D eigenvalue weighted by Crippen LogP contribution is -2.50. The van der Waals surface area contributed by atoms with Crippen LogP contribution in [0.25, 0.3) is 0 Å². The highest BCUT2D eigenvalue weighted by Crippen LogP contribution is 2.69. The van der Waals surface area contributed by atoms with E-state index in [2.05, 4.69) is 19.9 Å². The van der Waals surface area contributed by atoms with Gasteiger partial charge in [0.2, 0.25) is 0 Å². The summed E-state index contributed by atoms with van der Waals surface area (Å²) in [4.78, 5) is 0. The standard InChI is InChI=1S/C36H46O4/c1-34-14-11-28-27(29(34)9-10-32(34)39)7-4-21-18-23(38)19-31(33(21)28)36(40)16-13-30-26-6-3-20-17-22(37)5-8-24(20)25(26)12-15-35(30,36)2/h5,8,17-19,25-30,32,37-40H,3-4,6-7,9-16H2,1-2H3/t25-,26-,27-,28+,29+,30+,32-,34+,35+,36-/m1/s1. The van der Waals surface area contributed by atoms with Gasteiger partial charge >= 0.3 is 0 Å². The van der Waals surface area contributed by atoms with Crippen LogP contribution in [-0.2, 0) is 18.4 Å². The van der Waals surface area contributed by atoms with Gasteiger partial charge in [0.05, 0.1) is 11.7 Å². The molecule has 4 saturated carbocycles. The van der Waals surface area contributed by atoms with E-state index in [0.29, 0.717) is 47.0 Å². The number of hydrogen-bond donors (Lipinski definition) is 4. The van der Waals surface area contributed by atoms with Crippen molar-refractivity contribution in [3.8, 4) is 11.5 Å². The Morgan fingerprint density at radius 1 is 0.700 bits per heavy atom. The molecule has 4 heteroatoms. The number of fused-ring (bicyclic) bond motifs is 10. The summed E-state index contributed by atoms with van der Waals surface area (Å²) in [5.41, 5.74) is 5.29. The summed E-state index contributed by atoms with van der Waals surface area (Å²) in [6, 6.07) is 9.94. The Bertz CT molecular complexity index is 1370. The van der Waals surface area contributed by atoms with Crippen LogP contribution in [0.3, 0.4) is 0 Å². The van der Waals surface area contributed by atoms with E-state index >= 15 is 0 Å². The van der Waals surface area contributed by atoms with E-state index in [1.807, 2.05) is 24.3 Å². The molecule has 0 bridgehead atoms. The lowest BCUT2D eigenvalue weighted by Gasteiger charge is -2.55. The van der Waals surface area contributed by atoms with Gasteiger partial charge in [-0.3, -0.25) is 0 Å². The molecule has 10 atom stereocenters. The van der Waals surface area contributed by atoms with Gasteiger partial charge in [-0.2, -0.15) is 0 Å². The molecular formula is C36H46O4. The van der Waals surface area contributed by atoms with Gasteiger partial charge in [0, 0.05) is 5.41 Å². The third-order valence-corrected chi connectivity index (χ3v) is 14.1. The Morgan fingerprint density at radius 2 is 1.43 bits per heavy atom. The second-order valence-electron chi connectivity index (χ2n) is 15.3. The predicted octanol–water partition coefficient (Wildman–Crippen LogP) is 7.06. The Labute approximate surface area is 238 Å². The first-order chi connectivity index (χ1) is 19.1. The van der Waals surface area contributed by atoms with Crippen LogP contribution in [0.5, 0.6) is 11.5 Å². The average molecular weight is 543 g/mol. The van der Waals surface area contributed by atoms with Crippen molar-refractivity contribution in [2.24, 2.45) is 34.5 Å². The third kappa shape index (κ3) is 3.21. The van der Waals surface area contributed by atoms with Gasteiger partial charge in [0.25, 0.3) is 0 Å². The van der Waals surface area contributed by atoms with Crippen LogP contribution in [0.1, 0.15) is 118 Å². The maximum Gasteiger partial charge on any atom is 0.116 e. The van der Waals surface area contributed by atoms with Gasteiger partial charge in [-0.05, 0) is 170 Å². The molecule has 2 aromatic rings. The number of aliphatic hydroxyl groups is 2. The first-order valence-electron chi connectivity index (χ1n) is 16.2. The SMILES string of the molecule is C[C@]12CC[C@@H]3c4c(cc(O)cc4[C@]4(O)CC[C@H]5[C@@H]6CCc7cc(O)ccc7[C@H]6CC[C@@]54C)CC[C@H]3[C@@H]1CC[C@H]2O. The molecule has 0 saturated heterocycles. The number of benzene rings is 2. The summed E-state index contributed by atoms with van der Waals surface area (Å²) in [7, 11) is 0. The summed E-state index contributed by atoms with van der Waals surface area (Å²) >= 11 is 0. The number of phenolic OH excluding ortho intramolecular Hbond substituents is 2. The second kappa shape index (κ2) is 8.51. The summed E-state index contributed by atoms with van der Waals surface area (Å²) in [5, 5.41) is 45.0. The molecule has 0 aromatic heterocycles. The van der Waals surface area contributed by atoms with E-state index in [-0.39, 0.29) is 16.9 Å². The minimum absolute atomic E-state index is 0.0313. The molecule has 4 nitrogen and oxygen atoms in total. The maximum atomic E-state index is 13.0. The highest BCUT2D eigenvalue weighted by atomic mass is 16.3. The highest BCUT2D eigenvalue weighted by molar-refractivity contribution is 5.51. The summed E-state index contributed by atoms with van der Waals surface area (Å²) in [6.07, 6.45) is 12.1. The fourth-order valence-corrected chi connectivity index (χ4v) is 12.1. The van der Waals surface area contributed by atoms with Crippen LogP contribution in [0.15, 0.2) is 30.3 Å². The summed E-state index contributed by atoms with van der Waals surface area (Å²) in [5.74, 6) is 3.73. The molecule has 6 aliphatic rings. The molecule has 0 amide bonds. The molecule has 8 rings (SSSR count). The molecular weight excluding hydrogens is 496 g/mol. The van der Waals surface area contributed by atoms with Crippen LogP contribution >= 0.6 is 0 Å². The molecule has 0 spiro atoms. The molecule has 6 aliphatic carbocycles. The lowest BCUT2D eigenvalue weighted by atomic mass is 9.51. The zero-order valence-electron chi connectivity index (χ0n) is 24.2. The van der Waals surface area contributed by atoms with Crippen molar-refractivity contribution in [2.75, 3.05) is 0 Å². The normalized spacial score (nSPS) is 45.0. The van der Waals surface area contributed by atoms with Crippen molar-refractivity contribution in [1.29, 1.82) is 0 Å². The molecule has 2 aromatic carbocycles. The summed E-state index contributed by atoms with van der Waals surface area (Å²) < 4.78 is 0. The number of hydrogen-bond acceptors (Lipinski definition) is 4. The Balaban J connectivity index is 1.19. The summed E-state index contributed by atoms with van der Waals surface area (Å²) in [6.45, 7) is 4.70. The van der Waals surface area contributed by atoms with E-state index in [9.17, 15) is 20.4 Å². The fourth-order valence-electron chi connectivity index (χ4n) is 12.1. The minimum atomic E-state index is -0.932. The molecule has 0 radical (unpaired) electrons. The van der Waals surface area contributed by atoms with Crippen LogP contribution < -0.4 is 0 Å². The van der Waals surface area contributed by atoms with Crippen LogP contribution in [0.4, 0.5) is 0 Å². The molecule has 0 aliphatic heterocycles. The molecule has 40 heavy (non-hydrogen) atoms.